The number of hydrogen-bond donors (Lipinski definition) is 0. The van der Waals surface area contributed by atoms with Crippen molar-refractivity contribution < 1.29 is 4.74 Å². The molecule has 0 fully saturated rings. The second-order valence-corrected chi connectivity index (χ2v) is 3.04. The van der Waals surface area contributed by atoms with E-state index >= 15 is 0 Å². The van der Waals surface area contributed by atoms with Gasteiger partial charge in [0.05, 0.1) is 12.1 Å². The summed E-state index contributed by atoms with van der Waals surface area (Å²) in [5.74, 6) is 0.704. The van der Waals surface area contributed by atoms with Gasteiger partial charge in [-0.05, 0) is 18.6 Å². The highest BCUT2D eigenvalue weighted by molar-refractivity contribution is 5.82. The van der Waals surface area contributed by atoms with Gasteiger partial charge in [0.15, 0.2) is 0 Å². The van der Waals surface area contributed by atoms with E-state index in [1.807, 2.05) is 18.3 Å². The van der Waals surface area contributed by atoms with Gasteiger partial charge >= 0.3 is 0 Å². The van der Waals surface area contributed by atoms with Crippen molar-refractivity contribution in [1.82, 2.24) is 4.98 Å². The Labute approximate surface area is 77.5 Å². The topological polar surface area (TPSA) is 34.5 Å². The molecule has 2 rings (SSSR count). The number of fused-ring (bicyclic) bond motifs is 1. The van der Waals surface area contributed by atoms with Crippen molar-refractivity contribution in [2.24, 2.45) is 4.99 Å². The first-order valence-electron chi connectivity index (χ1n) is 4.51. The number of ether oxygens (including phenoxy) is 1. The van der Waals surface area contributed by atoms with Crippen LogP contribution in [0.15, 0.2) is 23.3 Å². The molecule has 3 nitrogen and oxygen atoms in total. The molecule has 0 saturated carbocycles. The van der Waals surface area contributed by atoms with E-state index in [0.717, 1.165) is 18.5 Å². The molecule has 2 heterocycles. The van der Waals surface area contributed by atoms with E-state index in [1.165, 1.54) is 0 Å². The Morgan fingerprint density at radius 1 is 1.62 bits per heavy atom. The normalized spacial score (nSPS) is 20.2. The number of nitrogens with zero attached hydrogens (tertiary/aromatic N) is 2. The first-order chi connectivity index (χ1) is 6.40. The molecule has 1 aliphatic heterocycles. The standard InChI is InChI=1S/C10H12N2O/c1-2-9-7-11-6-8-4-3-5-12-10(8)13-9/h3-6,9H,2,7H2,1H3/t9-/m1/s1. The minimum atomic E-state index is 0.174. The summed E-state index contributed by atoms with van der Waals surface area (Å²) in [6.07, 6.45) is 4.71. The third-order valence-electron chi connectivity index (χ3n) is 2.07. The summed E-state index contributed by atoms with van der Waals surface area (Å²) in [6.45, 7) is 2.82. The number of hydrogen-bond acceptors (Lipinski definition) is 3. The van der Waals surface area contributed by atoms with Crippen molar-refractivity contribution in [3.8, 4) is 5.88 Å². The minimum absolute atomic E-state index is 0.174. The number of pyridine rings is 1. The maximum Gasteiger partial charge on any atom is 0.222 e. The van der Waals surface area contributed by atoms with Crippen molar-refractivity contribution in [1.29, 1.82) is 0 Å². The maximum absolute atomic E-state index is 5.67. The lowest BCUT2D eigenvalue weighted by atomic mass is 10.3. The molecule has 3 heteroatoms. The molecule has 68 valence electrons. The zero-order valence-corrected chi connectivity index (χ0v) is 7.60. The van der Waals surface area contributed by atoms with Gasteiger partial charge < -0.3 is 4.74 Å². The lowest BCUT2D eigenvalue weighted by molar-refractivity contribution is 0.199. The highest BCUT2D eigenvalue weighted by Crippen LogP contribution is 2.17. The molecule has 0 aliphatic carbocycles. The lowest BCUT2D eigenvalue weighted by Crippen LogP contribution is -2.18. The quantitative estimate of drug-likeness (QED) is 0.652. The average Bonchev–Trinajstić information content (AvgIpc) is 2.38. The summed E-state index contributed by atoms with van der Waals surface area (Å²) in [6, 6.07) is 3.85. The molecule has 0 radical (unpaired) electrons. The molecular weight excluding hydrogens is 164 g/mol. The van der Waals surface area contributed by atoms with E-state index < -0.39 is 0 Å². The van der Waals surface area contributed by atoms with Gasteiger partial charge in [0.25, 0.3) is 0 Å². The van der Waals surface area contributed by atoms with Crippen LogP contribution in [-0.4, -0.2) is 23.8 Å². The molecule has 13 heavy (non-hydrogen) atoms. The summed E-state index contributed by atoms with van der Waals surface area (Å²) in [5, 5.41) is 0. The number of aromatic nitrogens is 1. The van der Waals surface area contributed by atoms with Gasteiger partial charge in [-0.25, -0.2) is 4.98 Å². The Hall–Kier alpha value is -1.38. The average molecular weight is 176 g/mol. The summed E-state index contributed by atoms with van der Waals surface area (Å²) in [5.41, 5.74) is 0.971. The predicted octanol–water partition coefficient (Wildman–Crippen LogP) is 1.67. The van der Waals surface area contributed by atoms with E-state index in [2.05, 4.69) is 16.9 Å². The zero-order valence-electron chi connectivity index (χ0n) is 7.60. The highest BCUT2D eigenvalue weighted by Gasteiger charge is 2.13. The molecule has 1 atom stereocenters. The summed E-state index contributed by atoms with van der Waals surface area (Å²) in [7, 11) is 0. The van der Waals surface area contributed by atoms with Crippen LogP contribution in [0.2, 0.25) is 0 Å². The van der Waals surface area contributed by atoms with Crippen LogP contribution >= 0.6 is 0 Å². The van der Waals surface area contributed by atoms with Crippen molar-refractivity contribution in [3.63, 3.8) is 0 Å². The van der Waals surface area contributed by atoms with E-state index in [0.29, 0.717) is 5.88 Å². The van der Waals surface area contributed by atoms with E-state index in [-0.39, 0.29) is 6.10 Å². The van der Waals surface area contributed by atoms with Gasteiger partial charge in [0.2, 0.25) is 5.88 Å². The maximum atomic E-state index is 5.67. The van der Waals surface area contributed by atoms with Crippen LogP contribution in [-0.2, 0) is 0 Å². The molecule has 0 spiro atoms. The van der Waals surface area contributed by atoms with Crippen LogP contribution in [0.25, 0.3) is 0 Å². The van der Waals surface area contributed by atoms with Gasteiger partial charge in [0, 0.05) is 12.4 Å². The number of rotatable bonds is 1. The highest BCUT2D eigenvalue weighted by atomic mass is 16.5. The summed E-state index contributed by atoms with van der Waals surface area (Å²) >= 11 is 0. The fraction of sp³-hybridized carbons (Fsp3) is 0.400. The van der Waals surface area contributed by atoms with E-state index in [4.69, 9.17) is 4.74 Å². The number of aliphatic imine (C=N–C) groups is 1. The Morgan fingerprint density at radius 3 is 3.38 bits per heavy atom. The largest absolute Gasteiger partial charge is 0.472 e. The fourth-order valence-corrected chi connectivity index (χ4v) is 1.28. The Bertz CT molecular complexity index is 322. The van der Waals surface area contributed by atoms with Gasteiger partial charge in [0.1, 0.15) is 6.10 Å². The molecule has 0 N–H and O–H groups in total. The molecule has 0 aromatic carbocycles. The molecule has 1 aliphatic rings. The molecule has 1 aromatic heterocycles. The Morgan fingerprint density at radius 2 is 2.54 bits per heavy atom. The van der Waals surface area contributed by atoms with Crippen LogP contribution in [0.1, 0.15) is 18.9 Å². The van der Waals surface area contributed by atoms with Crippen molar-refractivity contribution >= 4 is 6.21 Å². The molecule has 0 unspecified atom stereocenters. The third-order valence-corrected chi connectivity index (χ3v) is 2.07. The predicted molar refractivity (Wildman–Crippen MR) is 51.4 cm³/mol. The first kappa shape index (κ1) is 8.23. The van der Waals surface area contributed by atoms with Crippen LogP contribution in [0.5, 0.6) is 5.88 Å². The van der Waals surface area contributed by atoms with E-state index in [1.54, 1.807) is 6.20 Å². The van der Waals surface area contributed by atoms with Crippen molar-refractivity contribution in [2.75, 3.05) is 6.54 Å². The summed E-state index contributed by atoms with van der Waals surface area (Å²) in [4.78, 5) is 8.44. The van der Waals surface area contributed by atoms with E-state index in [9.17, 15) is 0 Å². The Kier molecular flexibility index (Phi) is 2.25. The minimum Gasteiger partial charge on any atom is -0.472 e. The first-order valence-corrected chi connectivity index (χ1v) is 4.51. The second kappa shape index (κ2) is 3.56. The Balaban J connectivity index is 2.32. The fourth-order valence-electron chi connectivity index (χ4n) is 1.28. The SMILES string of the molecule is CC[C@@H]1CN=Cc2cccnc2O1. The van der Waals surface area contributed by atoms with Crippen LogP contribution < -0.4 is 4.74 Å². The van der Waals surface area contributed by atoms with Crippen molar-refractivity contribution in [2.45, 2.75) is 19.4 Å². The van der Waals surface area contributed by atoms with Crippen LogP contribution in [0.4, 0.5) is 0 Å². The van der Waals surface area contributed by atoms with Gasteiger partial charge in [-0.15, -0.1) is 0 Å². The van der Waals surface area contributed by atoms with Crippen molar-refractivity contribution in [3.05, 3.63) is 23.9 Å². The molecule has 1 aromatic rings. The summed E-state index contributed by atoms with van der Waals surface area (Å²) < 4.78 is 5.67. The van der Waals surface area contributed by atoms with Crippen LogP contribution in [0, 0.1) is 0 Å². The zero-order chi connectivity index (χ0) is 9.10. The molecule has 0 bridgehead atoms. The van der Waals surface area contributed by atoms with Gasteiger partial charge in [-0.3, -0.25) is 4.99 Å². The molecular formula is C10H12N2O. The van der Waals surface area contributed by atoms with Gasteiger partial charge in [-0.1, -0.05) is 6.92 Å². The lowest BCUT2D eigenvalue weighted by Gasteiger charge is -2.12. The second-order valence-electron chi connectivity index (χ2n) is 3.04. The monoisotopic (exact) mass is 176 g/mol. The van der Waals surface area contributed by atoms with Gasteiger partial charge in [-0.2, -0.15) is 0 Å². The third kappa shape index (κ3) is 1.69. The molecule has 0 amide bonds. The molecule has 0 saturated heterocycles. The smallest absolute Gasteiger partial charge is 0.222 e. The van der Waals surface area contributed by atoms with Crippen LogP contribution in [0.3, 0.4) is 0 Å².